The molecule has 0 unspecified atom stereocenters. The molecule has 0 saturated carbocycles. The lowest BCUT2D eigenvalue weighted by Gasteiger charge is -2.22. The van der Waals surface area contributed by atoms with E-state index in [9.17, 15) is 0 Å². The van der Waals surface area contributed by atoms with E-state index in [0.717, 1.165) is 55.5 Å². The van der Waals surface area contributed by atoms with Gasteiger partial charge in [0.2, 0.25) is 0 Å². The Morgan fingerprint density at radius 1 is 1.17 bits per heavy atom. The lowest BCUT2D eigenvalue weighted by Crippen LogP contribution is -2.31. The molecule has 0 atom stereocenters. The average molecular weight is 327 g/mol. The molecular weight excluding hydrogens is 306 g/mol. The zero-order valence-corrected chi connectivity index (χ0v) is 14.4. The van der Waals surface area contributed by atoms with Crippen molar-refractivity contribution in [3.8, 4) is 6.07 Å². The first kappa shape index (κ1) is 15.9. The SMILES string of the molecule is Cc1nc(CN2CCCN(c3ccc(C)c(C#N)n3)CC2)cs1. The van der Waals surface area contributed by atoms with Gasteiger partial charge < -0.3 is 4.90 Å². The summed E-state index contributed by atoms with van der Waals surface area (Å²) >= 11 is 1.71. The molecule has 1 aliphatic heterocycles. The zero-order valence-electron chi connectivity index (χ0n) is 13.6. The number of rotatable bonds is 3. The molecule has 23 heavy (non-hydrogen) atoms. The van der Waals surface area contributed by atoms with E-state index in [2.05, 4.69) is 31.2 Å². The predicted molar refractivity (Wildman–Crippen MR) is 92.6 cm³/mol. The fourth-order valence-electron chi connectivity index (χ4n) is 2.88. The van der Waals surface area contributed by atoms with E-state index >= 15 is 0 Å². The molecule has 1 saturated heterocycles. The van der Waals surface area contributed by atoms with Crippen molar-refractivity contribution in [2.24, 2.45) is 0 Å². The molecule has 2 aromatic rings. The van der Waals surface area contributed by atoms with Gasteiger partial charge in [-0.1, -0.05) is 6.07 Å². The third-order valence-electron chi connectivity index (χ3n) is 4.15. The number of aryl methyl sites for hydroxylation is 2. The molecule has 0 spiro atoms. The lowest BCUT2D eigenvalue weighted by molar-refractivity contribution is 0.282. The highest BCUT2D eigenvalue weighted by atomic mass is 32.1. The fourth-order valence-corrected chi connectivity index (χ4v) is 3.48. The molecule has 6 heteroatoms. The van der Waals surface area contributed by atoms with Gasteiger partial charge in [0.05, 0.1) is 10.7 Å². The van der Waals surface area contributed by atoms with Crippen molar-refractivity contribution in [2.45, 2.75) is 26.8 Å². The summed E-state index contributed by atoms with van der Waals surface area (Å²) in [6, 6.07) is 6.19. The van der Waals surface area contributed by atoms with E-state index in [1.807, 2.05) is 26.0 Å². The molecule has 5 nitrogen and oxygen atoms in total. The molecule has 3 rings (SSSR count). The Morgan fingerprint density at radius 2 is 2.04 bits per heavy atom. The summed E-state index contributed by atoms with van der Waals surface area (Å²) in [5.41, 5.74) is 2.63. The van der Waals surface area contributed by atoms with Crippen molar-refractivity contribution in [3.05, 3.63) is 39.5 Å². The molecule has 0 amide bonds. The van der Waals surface area contributed by atoms with Crippen molar-refractivity contribution >= 4 is 17.2 Å². The second-order valence-corrected chi connectivity index (χ2v) is 6.98. The number of thiazole rings is 1. The van der Waals surface area contributed by atoms with Crippen LogP contribution in [-0.2, 0) is 6.54 Å². The van der Waals surface area contributed by atoms with Crippen LogP contribution in [-0.4, -0.2) is 41.0 Å². The molecule has 0 aromatic carbocycles. The standard InChI is InChI=1S/C17H21N5S/c1-13-4-5-17(20-16(13)10-18)22-7-3-6-21(8-9-22)11-15-12-23-14(2)19-15/h4-5,12H,3,6-9,11H2,1-2H3. The van der Waals surface area contributed by atoms with Crippen LogP contribution in [0.3, 0.4) is 0 Å². The van der Waals surface area contributed by atoms with Gasteiger partial charge in [-0.3, -0.25) is 4.90 Å². The summed E-state index contributed by atoms with van der Waals surface area (Å²) in [5, 5.41) is 12.4. The van der Waals surface area contributed by atoms with Crippen LogP contribution in [0, 0.1) is 25.2 Å². The maximum atomic E-state index is 9.16. The molecule has 2 aromatic heterocycles. The minimum Gasteiger partial charge on any atom is -0.355 e. The molecule has 0 aliphatic carbocycles. The van der Waals surface area contributed by atoms with Crippen molar-refractivity contribution < 1.29 is 0 Å². The first-order valence-electron chi connectivity index (χ1n) is 7.92. The summed E-state index contributed by atoms with van der Waals surface area (Å²) < 4.78 is 0. The third-order valence-corrected chi connectivity index (χ3v) is 4.98. The van der Waals surface area contributed by atoms with Crippen molar-refractivity contribution in [2.75, 3.05) is 31.1 Å². The highest BCUT2D eigenvalue weighted by Crippen LogP contribution is 2.18. The fraction of sp³-hybridized carbons (Fsp3) is 0.471. The van der Waals surface area contributed by atoms with E-state index < -0.39 is 0 Å². The molecule has 0 radical (unpaired) electrons. The molecule has 0 N–H and O–H groups in total. The molecular formula is C17H21N5S. The summed E-state index contributed by atoms with van der Waals surface area (Å²) in [4.78, 5) is 13.8. The summed E-state index contributed by atoms with van der Waals surface area (Å²) in [5.74, 6) is 0.915. The monoisotopic (exact) mass is 327 g/mol. The van der Waals surface area contributed by atoms with Crippen LogP contribution in [0.2, 0.25) is 0 Å². The first-order chi connectivity index (χ1) is 11.2. The number of aromatic nitrogens is 2. The summed E-state index contributed by atoms with van der Waals surface area (Å²) in [6.07, 6.45) is 1.10. The number of nitriles is 1. The van der Waals surface area contributed by atoms with E-state index in [4.69, 9.17) is 5.26 Å². The Balaban J connectivity index is 1.65. The Morgan fingerprint density at radius 3 is 2.78 bits per heavy atom. The highest BCUT2D eigenvalue weighted by molar-refractivity contribution is 7.09. The van der Waals surface area contributed by atoms with Crippen LogP contribution in [0.5, 0.6) is 0 Å². The van der Waals surface area contributed by atoms with Gasteiger partial charge in [0.15, 0.2) is 0 Å². The minimum absolute atomic E-state index is 0.529. The largest absolute Gasteiger partial charge is 0.355 e. The van der Waals surface area contributed by atoms with E-state index in [-0.39, 0.29) is 0 Å². The topological polar surface area (TPSA) is 56.1 Å². The molecule has 120 valence electrons. The van der Waals surface area contributed by atoms with Crippen LogP contribution < -0.4 is 4.90 Å². The highest BCUT2D eigenvalue weighted by Gasteiger charge is 2.17. The first-order valence-corrected chi connectivity index (χ1v) is 8.80. The van der Waals surface area contributed by atoms with E-state index in [0.29, 0.717) is 5.69 Å². The second-order valence-electron chi connectivity index (χ2n) is 5.92. The Bertz CT molecular complexity index is 718. The number of hydrogen-bond acceptors (Lipinski definition) is 6. The normalized spacial score (nSPS) is 16.1. The molecule has 1 aliphatic rings. The predicted octanol–water partition coefficient (Wildman–Crippen LogP) is 2.74. The number of pyridine rings is 1. The number of nitrogens with zero attached hydrogens (tertiary/aromatic N) is 5. The van der Waals surface area contributed by atoms with Crippen LogP contribution >= 0.6 is 11.3 Å². The average Bonchev–Trinajstić information content (AvgIpc) is 2.81. The maximum Gasteiger partial charge on any atom is 0.145 e. The smallest absolute Gasteiger partial charge is 0.145 e. The van der Waals surface area contributed by atoms with Crippen molar-refractivity contribution in [1.29, 1.82) is 5.26 Å². The zero-order chi connectivity index (χ0) is 16.2. The van der Waals surface area contributed by atoms with Gasteiger partial charge in [-0.2, -0.15) is 5.26 Å². The molecule has 1 fully saturated rings. The van der Waals surface area contributed by atoms with E-state index in [1.54, 1.807) is 11.3 Å². The Kier molecular flexibility index (Phi) is 4.89. The maximum absolute atomic E-state index is 9.16. The van der Waals surface area contributed by atoms with Gasteiger partial charge in [0, 0.05) is 38.1 Å². The summed E-state index contributed by atoms with van der Waals surface area (Å²) in [7, 11) is 0. The number of anilines is 1. The summed E-state index contributed by atoms with van der Waals surface area (Å²) in [6.45, 7) is 8.88. The van der Waals surface area contributed by atoms with Gasteiger partial charge in [-0.15, -0.1) is 11.3 Å². The van der Waals surface area contributed by atoms with Crippen LogP contribution in [0.4, 0.5) is 5.82 Å². The van der Waals surface area contributed by atoms with Crippen LogP contribution in [0.25, 0.3) is 0 Å². The van der Waals surface area contributed by atoms with Crippen molar-refractivity contribution in [1.82, 2.24) is 14.9 Å². The van der Waals surface area contributed by atoms with E-state index in [1.165, 1.54) is 5.69 Å². The van der Waals surface area contributed by atoms with Gasteiger partial charge in [0.25, 0.3) is 0 Å². The van der Waals surface area contributed by atoms with Crippen LogP contribution in [0.1, 0.15) is 28.4 Å². The van der Waals surface area contributed by atoms with Crippen LogP contribution in [0.15, 0.2) is 17.5 Å². The van der Waals surface area contributed by atoms with Gasteiger partial charge in [0.1, 0.15) is 17.6 Å². The Hall–Kier alpha value is -1.97. The van der Waals surface area contributed by atoms with Gasteiger partial charge in [-0.05, 0) is 31.9 Å². The third kappa shape index (κ3) is 3.87. The van der Waals surface area contributed by atoms with Gasteiger partial charge >= 0.3 is 0 Å². The quantitative estimate of drug-likeness (QED) is 0.867. The van der Waals surface area contributed by atoms with Crippen molar-refractivity contribution in [3.63, 3.8) is 0 Å². The molecule has 0 bridgehead atoms. The number of hydrogen-bond donors (Lipinski definition) is 0. The minimum atomic E-state index is 0.529. The van der Waals surface area contributed by atoms with Gasteiger partial charge in [-0.25, -0.2) is 9.97 Å². The Labute approximate surface area is 141 Å². The second kappa shape index (κ2) is 7.07. The molecule has 3 heterocycles. The lowest BCUT2D eigenvalue weighted by atomic mass is 10.2.